The number of carbonyl (C=O) groups excluding carboxylic acids is 4. The molecule has 103 heavy (non-hydrogen) atoms. The van der Waals surface area contributed by atoms with Crippen LogP contribution in [0.25, 0.3) is 0 Å². The molecule has 0 fully saturated rings. The number of hydrogen-bond acceptors (Lipinski definition) is 15. The Morgan fingerprint density at radius 3 is 0.689 bits per heavy atom. The molecule has 3 N–H and O–H groups in total. The molecule has 0 aliphatic heterocycles. The molecule has 17 nitrogen and oxygen atoms in total. The van der Waals surface area contributed by atoms with Crippen molar-refractivity contribution in [3.8, 4) is 0 Å². The number of aliphatic hydroxyl groups is 1. The van der Waals surface area contributed by atoms with Gasteiger partial charge in [-0.3, -0.25) is 37.3 Å². The molecule has 3 unspecified atom stereocenters. The number of aliphatic hydroxyl groups excluding tert-OH is 1. The van der Waals surface area contributed by atoms with Gasteiger partial charge in [0, 0.05) is 25.7 Å². The minimum Gasteiger partial charge on any atom is -0.462 e. The predicted molar refractivity (Wildman–Crippen MR) is 423 cm³/mol. The van der Waals surface area contributed by atoms with E-state index in [-0.39, 0.29) is 25.7 Å². The normalized spacial score (nSPS) is 14.1. The molecule has 0 saturated heterocycles. The lowest BCUT2D eigenvalue weighted by Crippen LogP contribution is -2.30. The van der Waals surface area contributed by atoms with Crippen molar-refractivity contribution in [2.75, 3.05) is 39.6 Å². The van der Waals surface area contributed by atoms with E-state index in [2.05, 4.69) is 34.6 Å². The largest absolute Gasteiger partial charge is 0.472 e. The number of carbonyl (C=O) groups is 4. The van der Waals surface area contributed by atoms with E-state index >= 15 is 0 Å². The van der Waals surface area contributed by atoms with Gasteiger partial charge in [0.2, 0.25) is 0 Å². The lowest BCUT2D eigenvalue weighted by Gasteiger charge is -2.21. The van der Waals surface area contributed by atoms with Crippen molar-refractivity contribution in [1.29, 1.82) is 0 Å². The zero-order chi connectivity index (χ0) is 75.5. The lowest BCUT2D eigenvalue weighted by molar-refractivity contribution is -0.161. The highest BCUT2D eigenvalue weighted by atomic mass is 31.2. The van der Waals surface area contributed by atoms with E-state index in [1.807, 2.05) is 0 Å². The molecule has 0 spiro atoms. The van der Waals surface area contributed by atoms with Crippen molar-refractivity contribution >= 4 is 39.5 Å². The fraction of sp³-hybridized carbons (Fsp3) is 0.952. The number of phosphoric acid groups is 2. The monoisotopic (exact) mass is 1510 g/mol. The van der Waals surface area contributed by atoms with Gasteiger partial charge in [-0.2, -0.15) is 0 Å². The SMILES string of the molecule is CCCCCCCCCCCCCCCCCCCCCCCCC(=O)O[C@H](COC(=O)CCCCCCCCCCCCCCCCCCCC)COP(=O)(O)OC[C@@H](O)COP(=O)(O)OC[C@@H](COC(=O)CCCCCCCCCCC)OC(=O)CCCCCCCCCCCCC(C)CC. The van der Waals surface area contributed by atoms with Gasteiger partial charge in [-0.25, -0.2) is 9.13 Å². The van der Waals surface area contributed by atoms with Gasteiger partial charge >= 0.3 is 39.5 Å². The summed E-state index contributed by atoms with van der Waals surface area (Å²) in [5.41, 5.74) is 0. The summed E-state index contributed by atoms with van der Waals surface area (Å²) in [7, 11) is -9.92. The van der Waals surface area contributed by atoms with Crippen molar-refractivity contribution in [2.45, 2.75) is 470 Å². The third-order valence-corrected chi connectivity index (χ3v) is 22.0. The second kappa shape index (κ2) is 76.8. The summed E-state index contributed by atoms with van der Waals surface area (Å²) in [4.78, 5) is 73.1. The van der Waals surface area contributed by atoms with Gasteiger partial charge in [0.25, 0.3) is 0 Å². The van der Waals surface area contributed by atoms with E-state index in [1.54, 1.807) is 0 Å². The fourth-order valence-electron chi connectivity index (χ4n) is 13.1. The van der Waals surface area contributed by atoms with Crippen LogP contribution in [-0.2, 0) is 65.4 Å². The minimum atomic E-state index is -4.96. The second-order valence-corrected chi connectivity index (χ2v) is 33.4. The van der Waals surface area contributed by atoms with Gasteiger partial charge in [-0.1, -0.05) is 401 Å². The molecule has 0 aromatic carbocycles. The van der Waals surface area contributed by atoms with Gasteiger partial charge in [0.15, 0.2) is 12.2 Å². The van der Waals surface area contributed by atoms with Crippen LogP contribution in [0.3, 0.4) is 0 Å². The smallest absolute Gasteiger partial charge is 0.462 e. The van der Waals surface area contributed by atoms with Crippen LogP contribution < -0.4 is 0 Å². The molecule has 0 radical (unpaired) electrons. The molecular formula is C84H164O17P2. The van der Waals surface area contributed by atoms with E-state index in [4.69, 9.17) is 37.0 Å². The van der Waals surface area contributed by atoms with Crippen molar-refractivity contribution in [3.05, 3.63) is 0 Å². The molecule has 0 heterocycles. The first-order valence-electron chi connectivity index (χ1n) is 43.7. The van der Waals surface area contributed by atoms with Gasteiger partial charge in [0.05, 0.1) is 26.4 Å². The van der Waals surface area contributed by atoms with Gasteiger partial charge in [0.1, 0.15) is 19.3 Å². The molecule has 0 rings (SSSR count). The summed E-state index contributed by atoms with van der Waals surface area (Å²) in [6.45, 7) is 7.35. The highest BCUT2D eigenvalue weighted by Gasteiger charge is 2.30. The topological polar surface area (TPSA) is 237 Å². The molecule has 19 heteroatoms. The van der Waals surface area contributed by atoms with Gasteiger partial charge in [-0.05, 0) is 31.6 Å². The summed E-state index contributed by atoms with van der Waals surface area (Å²) in [6.07, 6.45) is 69.5. The maximum Gasteiger partial charge on any atom is 0.472 e. The van der Waals surface area contributed by atoms with Crippen LogP contribution in [0.2, 0.25) is 0 Å². The third kappa shape index (κ3) is 76.6. The third-order valence-electron chi connectivity index (χ3n) is 20.1. The Bertz CT molecular complexity index is 1960. The van der Waals surface area contributed by atoms with E-state index in [0.29, 0.717) is 25.7 Å². The van der Waals surface area contributed by atoms with Gasteiger partial charge < -0.3 is 33.8 Å². The van der Waals surface area contributed by atoms with Crippen molar-refractivity contribution < 1.29 is 80.2 Å². The zero-order valence-electron chi connectivity index (χ0n) is 67.5. The number of ether oxygens (including phenoxy) is 4. The van der Waals surface area contributed by atoms with E-state index in [9.17, 15) is 43.2 Å². The summed E-state index contributed by atoms with van der Waals surface area (Å²) in [5, 5.41) is 10.7. The fourth-order valence-corrected chi connectivity index (χ4v) is 14.7. The Labute approximate surface area is 632 Å². The molecule has 0 amide bonds. The van der Waals surface area contributed by atoms with Crippen LogP contribution in [0.5, 0.6) is 0 Å². The molecule has 0 bridgehead atoms. The first kappa shape index (κ1) is 101. The summed E-state index contributed by atoms with van der Waals surface area (Å²) >= 11 is 0. The van der Waals surface area contributed by atoms with Crippen LogP contribution in [0, 0.1) is 5.92 Å². The van der Waals surface area contributed by atoms with Crippen LogP contribution in [0.1, 0.15) is 452 Å². The molecule has 6 atom stereocenters. The van der Waals surface area contributed by atoms with Gasteiger partial charge in [-0.15, -0.1) is 0 Å². The summed E-state index contributed by atoms with van der Waals surface area (Å²) in [6, 6.07) is 0. The van der Waals surface area contributed by atoms with Crippen LogP contribution in [0.4, 0.5) is 0 Å². The molecule has 0 aliphatic carbocycles. The molecule has 0 aromatic heterocycles. The molecule has 0 aromatic rings. The van der Waals surface area contributed by atoms with Crippen LogP contribution in [-0.4, -0.2) is 96.7 Å². The maximum absolute atomic E-state index is 13.1. The Morgan fingerprint density at radius 2 is 0.466 bits per heavy atom. The Balaban J connectivity index is 5.20. The second-order valence-electron chi connectivity index (χ2n) is 30.5. The average Bonchev–Trinajstić information content (AvgIpc) is 0.927. The lowest BCUT2D eigenvalue weighted by atomic mass is 9.99. The molecule has 0 saturated carbocycles. The number of hydrogen-bond donors (Lipinski definition) is 3. The Kier molecular flexibility index (Phi) is 75.4. The average molecular weight is 1510 g/mol. The number of esters is 4. The van der Waals surface area contributed by atoms with E-state index < -0.39 is 97.5 Å². The van der Waals surface area contributed by atoms with Crippen LogP contribution >= 0.6 is 15.6 Å². The number of phosphoric ester groups is 2. The number of unbranched alkanes of at least 4 members (excludes halogenated alkanes) is 55. The first-order valence-corrected chi connectivity index (χ1v) is 46.7. The summed E-state index contributed by atoms with van der Waals surface area (Å²) in [5.74, 6) is -1.30. The highest BCUT2D eigenvalue weighted by Crippen LogP contribution is 2.45. The molecule has 612 valence electrons. The van der Waals surface area contributed by atoms with Crippen molar-refractivity contribution in [2.24, 2.45) is 5.92 Å². The molecule has 0 aliphatic rings. The first-order chi connectivity index (χ1) is 50.1. The quantitative estimate of drug-likeness (QED) is 0.0222. The maximum atomic E-state index is 13.1. The van der Waals surface area contributed by atoms with E-state index in [1.165, 1.54) is 276 Å². The molecular weight excluding hydrogens is 1340 g/mol. The predicted octanol–water partition coefficient (Wildman–Crippen LogP) is 25.6. The highest BCUT2D eigenvalue weighted by molar-refractivity contribution is 7.47. The van der Waals surface area contributed by atoms with E-state index in [0.717, 1.165) is 95.8 Å². The van der Waals surface area contributed by atoms with Crippen LogP contribution in [0.15, 0.2) is 0 Å². The van der Waals surface area contributed by atoms with Crippen molar-refractivity contribution in [1.82, 2.24) is 0 Å². The standard InChI is InChI=1S/C84H164O17P2/c1-6-10-13-16-19-22-24-26-28-30-32-33-34-35-37-39-41-43-49-54-59-64-69-83(88)100-80(74-95-82(87)68-63-58-53-48-42-40-38-36-31-29-27-25-23-20-17-14-11-7-2)76-99-103(92,93)97-72-78(85)71-96-102(90,91)98-75-79(73-94-81(86)67-62-57-52-46-21-18-15-12-8-3)101-84(89)70-65-60-55-50-45-44-47-51-56-61-66-77(5)9-4/h77-80,85H,6-76H2,1-5H3,(H,90,91)(H,92,93)/t77?,78-,79+,80+/m0/s1. The number of rotatable bonds is 84. The van der Waals surface area contributed by atoms with Crippen molar-refractivity contribution in [3.63, 3.8) is 0 Å². The summed E-state index contributed by atoms with van der Waals surface area (Å²) < 4.78 is 68.8. The Morgan fingerprint density at radius 1 is 0.272 bits per heavy atom. The Hall–Kier alpha value is -1.94. The zero-order valence-corrected chi connectivity index (χ0v) is 69.3. The minimum absolute atomic E-state index is 0.107.